The molecule has 0 aliphatic rings. The van der Waals surface area contributed by atoms with Crippen molar-refractivity contribution >= 4 is 43.6 Å². The zero-order chi connectivity index (χ0) is 69.9. The SMILES string of the molecule is Cc1ccc2c(c1)c1cc(C)ccc1n2-c1ccc(-c2c(C#N)c(-c3cc(-c4ccccc4)nc(-c4ccccc4)c3)c(-c3ccc(-n4c5ccc(C)cc5c5cc(C)ccc54)cc3)c(-c3cc(-c4ccccc4)nc(-c4ccccc4)c3)c2-c2cc(-c3ccccc3)nc(-c3ccccc3)c2)cc1. The van der Waals surface area contributed by atoms with Gasteiger partial charge in [0, 0.05) is 77.4 Å². The predicted octanol–water partition coefficient (Wildman–Crippen LogP) is 25.5. The second-order valence-electron chi connectivity index (χ2n) is 27.3. The second kappa shape index (κ2) is 26.2. The first-order valence-corrected chi connectivity index (χ1v) is 35.4. The summed E-state index contributed by atoms with van der Waals surface area (Å²) in [6.45, 7) is 8.66. The molecule has 0 aliphatic carbocycles. The van der Waals surface area contributed by atoms with Gasteiger partial charge in [-0.25, -0.2) is 15.0 Å². The molecule has 5 aromatic heterocycles. The van der Waals surface area contributed by atoms with Crippen LogP contribution in [-0.4, -0.2) is 24.1 Å². The molecule has 0 atom stereocenters. The zero-order valence-corrected chi connectivity index (χ0v) is 58.0. The molecule has 490 valence electrons. The summed E-state index contributed by atoms with van der Waals surface area (Å²) in [5, 5.41) is 18.0. The molecule has 0 unspecified atom stereocenters. The van der Waals surface area contributed by atoms with E-state index in [9.17, 15) is 5.26 Å². The van der Waals surface area contributed by atoms with Crippen molar-refractivity contribution in [1.82, 2.24) is 24.1 Å². The fraction of sp³-hybridized carbons (Fsp3) is 0.0408. The van der Waals surface area contributed by atoms with E-state index in [1.54, 1.807) is 0 Å². The molecule has 5 heterocycles. The van der Waals surface area contributed by atoms with E-state index in [2.05, 4.69) is 370 Å². The quantitative estimate of drug-likeness (QED) is 0.115. The third-order valence-corrected chi connectivity index (χ3v) is 20.4. The number of rotatable bonds is 13. The molecular weight excluding hydrogens is 1260 g/mol. The Hall–Kier alpha value is -13.6. The van der Waals surface area contributed by atoms with Crippen LogP contribution in [0.2, 0.25) is 0 Å². The largest absolute Gasteiger partial charge is 0.309 e. The van der Waals surface area contributed by atoms with E-state index < -0.39 is 0 Å². The number of nitriles is 1. The van der Waals surface area contributed by atoms with Crippen molar-refractivity contribution in [3.63, 3.8) is 0 Å². The highest BCUT2D eigenvalue weighted by Gasteiger charge is 2.32. The Morgan fingerprint density at radius 3 is 0.702 bits per heavy atom. The van der Waals surface area contributed by atoms with Crippen LogP contribution in [0.25, 0.3) is 178 Å². The maximum Gasteiger partial charge on any atom is 0.100 e. The van der Waals surface area contributed by atoms with Crippen molar-refractivity contribution in [2.24, 2.45) is 0 Å². The Morgan fingerprint density at radius 2 is 0.442 bits per heavy atom. The topological polar surface area (TPSA) is 72.3 Å². The van der Waals surface area contributed by atoms with Gasteiger partial charge in [-0.3, -0.25) is 0 Å². The molecule has 0 aliphatic heterocycles. The Bertz CT molecular complexity index is 6100. The number of fused-ring (bicyclic) bond motifs is 6. The van der Waals surface area contributed by atoms with Crippen LogP contribution in [0, 0.1) is 39.0 Å². The molecule has 0 N–H and O–H groups in total. The summed E-state index contributed by atoms with van der Waals surface area (Å²) in [5.74, 6) is 0. The van der Waals surface area contributed by atoms with Crippen molar-refractivity contribution in [3.05, 3.63) is 368 Å². The third kappa shape index (κ3) is 11.3. The molecular formula is C98H68N6. The van der Waals surface area contributed by atoms with Gasteiger partial charge in [-0.2, -0.15) is 5.26 Å². The molecule has 0 radical (unpaired) electrons. The second-order valence-corrected chi connectivity index (χ2v) is 27.3. The van der Waals surface area contributed by atoms with Gasteiger partial charge < -0.3 is 9.13 Å². The summed E-state index contributed by atoms with van der Waals surface area (Å²) in [6, 6.07) is 124. The number of pyridine rings is 3. The number of aryl methyl sites for hydroxylation is 4. The summed E-state index contributed by atoms with van der Waals surface area (Å²) >= 11 is 0. The Kier molecular flexibility index (Phi) is 15.8. The smallest absolute Gasteiger partial charge is 0.100 e. The van der Waals surface area contributed by atoms with E-state index in [-0.39, 0.29) is 0 Å². The van der Waals surface area contributed by atoms with Gasteiger partial charge in [0.25, 0.3) is 0 Å². The number of hydrogen-bond acceptors (Lipinski definition) is 4. The number of benzene rings is 13. The fourth-order valence-corrected chi connectivity index (χ4v) is 15.5. The minimum Gasteiger partial charge on any atom is -0.309 e. The fourth-order valence-electron chi connectivity index (χ4n) is 15.5. The van der Waals surface area contributed by atoms with Crippen LogP contribution in [0.3, 0.4) is 0 Å². The van der Waals surface area contributed by atoms with Gasteiger partial charge in [-0.1, -0.05) is 253 Å². The van der Waals surface area contributed by atoms with E-state index in [4.69, 9.17) is 15.0 Å². The van der Waals surface area contributed by atoms with Gasteiger partial charge in [-0.05, 0) is 181 Å². The van der Waals surface area contributed by atoms with Crippen LogP contribution < -0.4 is 0 Å². The molecule has 6 heteroatoms. The summed E-state index contributed by atoms with van der Waals surface area (Å²) in [6.07, 6.45) is 0. The highest BCUT2D eigenvalue weighted by Crippen LogP contribution is 2.55. The standard InChI is InChI=1S/C98H68N6/c1-62-35-47-90-79(51-62)80-52-63(2)36-48-91(80)103(90)77-43-39-72(40-44-77)94-83(61-99)95(74-55-84(66-23-11-5-12-24-66)100-85(56-74)67-25-13-6-14-26-67)96(73-41-45-78(46-42-73)104-92-49-37-64(3)53-81(92)82-54-65(4)38-50-93(82)104)98(76-59-88(70-31-19-9-20-32-70)102-89(60-76)71-33-21-10-22-34-71)97(94)75-57-86(68-27-15-7-16-28-68)101-87(58-75)69-29-17-8-18-30-69/h5-60H,1-4H3. The van der Waals surface area contributed by atoms with Gasteiger partial charge in [0.1, 0.15) is 6.07 Å². The summed E-state index contributed by atoms with van der Waals surface area (Å²) in [4.78, 5) is 16.7. The lowest BCUT2D eigenvalue weighted by Crippen LogP contribution is -2.05. The highest BCUT2D eigenvalue weighted by atomic mass is 15.0. The van der Waals surface area contributed by atoms with Crippen LogP contribution in [-0.2, 0) is 0 Å². The highest BCUT2D eigenvalue weighted by molar-refractivity contribution is 6.14. The van der Waals surface area contributed by atoms with E-state index >= 15 is 0 Å². The first kappa shape index (κ1) is 62.6. The normalized spacial score (nSPS) is 11.5. The molecule has 0 spiro atoms. The van der Waals surface area contributed by atoms with Crippen molar-refractivity contribution in [2.75, 3.05) is 0 Å². The van der Waals surface area contributed by atoms with Crippen molar-refractivity contribution in [2.45, 2.75) is 27.7 Å². The van der Waals surface area contributed by atoms with Crippen molar-refractivity contribution < 1.29 is 0 Å². The van der Waals surface area contributed by atoms with E-state index in [1.807, 2.05) is 12.1 Å². The maximum atomic E-state index is 13.1. The molecule has 104 heavy (non-hydrogen) atoms. The average Bonchev–Trinajstić information content (AvgIpc) is 0.825. The predicted molar refractivity (Wildman–Crippen MR) is 432 cm³/mol. The molecule has 6 nitrogen and oxygen atoms in total. The molecule has 0 saturated heterocycles. The van der Waals surface area contributed by atoms with Crippen LogP contribution in [0.1, 0.15) is 27.8 Å². The molecule has 0 fully saturated rings. The monoisotopic (exact) mass is 1330 g/mol. The molecule has 0 bridgehead atoms. The number of aromatic nitrogens is 5. The first-order valence-electron chi connectivity index (χ1n) is 35.4. The zero-order valence-electron chi connectivity index (χ0n) is 58.0. The van der Waals surface area contributed by atoms with Crippen molar-refractivity contribution in [1.29, 1.82) is 5.26 Å². The lowest BCUT2D eigenvalue weighted by atomic mass is 9.75. The molecule has 18 rings (SSSR count). The minimum absolute atomic E-state index is 0.496. The van der Waals surface area contributed by atoms with Crippen LogP contribution in [0.5, 0.6) is 0 Å². The van der Waals surface area contributed by atoms with E-state index in [0.29, 0.717) is 5.56 Å². The first-order chi connectivity index (χ1) is 51.1. The summed E-state index contributed by atoms with van der Waals surface area (Å²) in [5.41, 5.74) is 30.7. The maximum absolute atomic E-state index is 13.1. The molecule has 0 saturated carbocycles. The lowest BCUT2D eigenvalue weighted by molar-refractivity contribution is 1.18. The van der Waals surface area contributed by atoms with Gasteiger partial charge in [0.2, 0.25) is 0 Å². The van der Waals surface area contributed by atoms with Gasteiger partial charge in [-0.15, -0.1) is 0 Å². The molecule has 13 aromatic carbocycles. The van der Waals surface area contributed by atoms with Gasteiger partial charge >= 0.3 is 0 Å². The lowest BCUT2D eigenvalue weighted by Gasteiger charge is -2.27. The number of hydrogen-bond donors (Lipinski definition) is 0. The van der Waals surface area contributed by atoms with E-state index in [1.165, 1.54) is 43.8 Å². The Labute approximate surface area is 605 Å². The number of nitrogens with zero attached hydrogens (tertiary/aromatic N) is 6. The average molecular weight is 1330 g/mol. The summed E-state index contributed by atoms with van der Waals surface area (Å²) < 4.78 is 4.77. The molecule has 0 amide bonds. The van der Waals surface area contributed by atoms with Gasteiger partial charge in [0.15, 0.2) is 0 Å². The molecule has 18 aromatic rings. The van der Waals surface area contributed by atoms with Crippen molar-refractivity contribution in [3.8, 4) is 141 Å². The third-order valence-electron chi connectivity index (χ3n) is 20.4. The Morgan fingerprint density at radius 1 is 0.221 bits per heavy atom. The van der Waals surface area contributed by atoms with Crippen LogP contribution >= 0.6 is 0 Å². The van der Waals surface area contributed by atoms with Gasteiger partial charge in [0.05, 0.1) is 61.8 Å². The Balaban J connectivity index is 1.04. The van der Waals surface area contributed by atoms with E-state index in [0.717, 1.165) is 157 Å². The van der Waals surface area contributed by atoms with Crippen LogP contribution in [0.4, 0.5) is 0 Å². The minimum atomic E-state index is 0.496. The summed E-state index contributed by atoms with van der Waals surface area (Å²) in [7, 11) is 0. The van der Waals surface area contributed by atoms with Crippen LogP contribution in [0.15, 0.2) is 340 Å².